The molecule has 0 aromatic heterocycles. The van der Waals surface area contributed by atoms with Gasteiger partial charge in [-0.25, -0.2) is 0 Å². The highest BCUT2D eigenvalue weighted by Crippen LogP contribution is 2.34. The summed E-state index contributed by atoms with van der Waals surface area (Å²) in [5.41, 5.74) is 1.52. The van der Waals surface area contributed by atoms with Crippen LogP contribution in [-0.2, 0) is 6.42 Å². The first-order valence-electron chi connectivity index (χ1n) is 7.08. The second kappa shape index (κ2) is 6.03. The van der Waals surface area contributed by atoms with Crippen LogP contribution in [0.2, 0.25) is 10.0 Å². The molecule has 0 amide bonds. The van der Waals surface area contributed by atoms with Crippen molar-refractivity contribution < 1.29 is 0 Å². The lowest BCUT2D eigenvalue weighted by Gasteiger charge is -2.34. The average Bonchev–Trinajstić information content (AvgIpc) is 3.15. The first-order valence-corrected chi connectivity index (χ1v) is 7.83. The van der Waals surface area contributed by atoms with Crippen molar-refractivity contribution >= 4 is 23.2 Å². The van der Waals surface area contributed by atoms with Gasteiger partial charge in [0.2, 0.25) is 0 Å². The number of hydrogen-bond acceptors (Lipinski definition) is 1. The van der Waals surface area contributed by atoms with Crippen LogP contribution >= 0.6 is 23.2 Å². The Morgan fingerprint density at radius 1 is 1.26 bits per heavy atom. The summed E-state index contributed by atoms with van der Waals surface area (Å²) in [6.07, 6.45) is 3.70. The van der Waals surface area contributed by atoms with E-state index in [0.717, 1.165) is 19.0 Å². The summed E-state index contributed by atoms with van der Waals surface area (Å²) in [5, 5.41) is 4.95. The van der Waals surface area contributed by atoms with Crippen LogP contribution in [0.5, 0.6) is 0 Å². The van der Waals surface area contributed by atoms with E-state index in [1.54, 1.807) is 0 Å². The summed E-state index contributed by atoms with van der Waals surface area (Å²) in [7, 11) is 0. The van der Waals surface area contributed by atoms with Crippen LogP contribution in [0.15, 0.2) is 18.2 Å². The Morgan fingerprint density at radius 3 is 2.47 bits per heavy atom. The minimum Gasteiger partial charge on any atom is -0.313 e. The largest absolute Gasteiger partial charge is 0.313 e. The van der Waals surface area contributed by atoms with Crippen LogP contribution < -0.4 is 5.32 Å². The SMILES string of the molecule is CC(C)C(C)(CNC1CC1)Cc1ccc(Cl)c(Cl)c1. The van der Waals surface area contributed by atoms with E-state index in [-0.39, 0.29) is 5.41 Å². The summed E-state index contributed by atoms with van der Waals surface area (Å²) >= 11 is 12.1. The first-order chi connectivity index (χ1) is 8.90. The van der Waals surface area contributed by atoms with Crippen molar-refractivity contribution in [1.29, 1.82) is 0 Å². The Kier molecular flexibility index (Phi) is 4.81. The van der Waals surface area contributed by atoms with Crippen molar-refractivity contribution in [2.24, 2.45) is 11.3 Å². The van der Waals surface area contributed by atoms with Gasteiger partial charge in [-0.1, -0.05) is 50.0 Å². The van der Waals surface area contributed by atoms with Gasteiger partial charge in [0.15, 0.2) is 0 Å². The molecule has 19 heavy (non-hydrogen) atoms. The standard InChI is InChI=1S/C16H23Cl2N/c1-11(2)16(3,10-19-13-5-6-13)9-12-4-7-14(17)15(18)8-12/h4,7-8,11,13,19H,5-6,9-10H2,1-3H3. The predicted molar refractivity (Wildman–Crippen MR) is 84.1 cm³/mol. The van der Waals surface area contributed by atoms with Crippen molar-refractivity contribution in [3.63, 3.8) is 0 Å². The quantitative estimate of drug-likeness (QED) is 0.783. The molecule has 1 N–H and O–H groups in total. The van der Waals surface area contributed by atoms with Gasteiger partial charge >= 0.3 is 0 Å². The van der Waals surface area contributed by atoms with Crippen LogP contribution in [0.3, 0.4) is 0 Å². The number of nitrogens with one attached hydrogen (secondary N) is 1. The van der Waals surface area contributed by atoms with Gasteiger partial charge in [0.25, 0.3) is 0 Å². The fourth-order valence-corrected chi connectivity index (χ4v) is 2.57. The number of hydrogen-bond donors (Lipinski definition) is 1. The van der Waals surface area contributed by atoms with Crippen LogP contribution in [-0.4, -0.2) is 12.6 Å². The maximum atomic E-state index is 6.11. The summed E-state index contributed by atoms with van der Waals surface area (Å²) in [4.78, 5) is 0. The molecule has 0 heterocycles. The molecule has 2 rings (SSSR count). The Morgan fingerprint density at radius 2 is 1.95 bits per heavy atom. The molecule has 0 spiro atoms. The fourth-order valence-electron chi connectivity index (χ4n) is 2.25. The first kappa shape index (κ1) is 15.2. The van der Waals surface area contributed by atoms with Crippen LogP contribution in [0, 0.1) is 11.3 Å². The van der Waals surface area contributed by atoms with E-state index >= 15 is 0 Å². The summed E-state index contributed by atoms with van der Waals surface area (Å²) < 4.78 is 0. The molecule has 3 heteroatoms. The second-order valence-electron chi connectivity index (χ2n) is 6.39. The molecular formula is C16H23Cl2N. The highest BCUT2D eigenvalue weighted by atomic mass is 35.5. The van der Waals surface area contributed by atoms with Gasteiger partial charge in [-0.2, -0.15) is 0 Å². The summed E-state index contributed by atoms with van der Waals surface area (Å²) in [5.74, 6) is 0.619. The fraction of sp³-hybridized carbons (Fsp3) is 0.625. The predicted octanol–water partition coefficient (Wildman–Crippen LogP) is 4.95. The molecule has 0 bridgehead atoms. The Balaban J connectivity index is 2.07. The van der Waals surface area contributed by atoms with E-state index in [1.165, 1.54) is 18.4 Å². The third-order valence-corrected chi connectivity index (χ3v) is 5.10. The highest BCUT2D eigenvalue weighted by Gasteiger charge is 2.31. The van der Waals surface area contributed by atoms with Crippen molar-refractivity contribution in [2.75, 3.05) is 6.54 Å². The lowest BCUT2D eigenvalue weighted by Crippen LogP contribution is -2.38. The molecule has 1 aromatic rings. The zero-order chi connectivity index (χ0) is 14.0. The topological polar surface area (TPSA) is 12.0 Å². The molecule has 0 radical (unpaired) electrons. The third-order valence-electron chi connectivity index (χ3n) is 4.36. The number of rotatable bonds is 6. The summed E-state index contributed by atoms with van der Waals surface area (Å²) in [6.45, 7) is 8.02. The zero-order valence-electron chi connectivity index (χ0n) is 12.0. The van der Waals surface area contributed by atoms with Gasteiger partial charge in [0.1, 0.15) is 0 Å². The Hall–Kier alpha value is -0.240. The molecule has 1 aromatic carbocycles. The van der Waals surface area contributed by atoms with Crippen LogP contribution in [0.25, 0.3) is 0 Å². The van der Waals surface area contributed by atoms with E-state index in [2.05, 4.69) is 32.2 Å². The monoisotopic (exact) mass is 299 g/mol. The average molecular weight is 300 g/mol. The van der Waals surface area contributed by atoms with Gasteiger partial charge in [0.05, 0.1) is 10.0 Å². The van der Waals surface area contributed by atoms with E-state index in [9.17, 15) is 0 Å². The van der Waals surface area contributed by atoms with Gasteiger partial charge in [-0.3, -0.25) is 0 Å². The molecule has 0 saturated heterocycles. The number of halogens is 2. The lowest BCUT2D eigenvalue weighted by atomic mass is 9.74. The van der Waals surface area contributed by atoms with Gasteiger partial charge in [-0.15, -0.1) is 0 Å². The normalized spacial score (nSPS) is 18.6. The van der Waals surface area contributed by atoms with Gasteiger partial charge in [0, 0.05) is 12.6 Å². The minimum absolute atomic E-state index is 0.250. The molecule has 1 saturated carbocycles. The van der Waals surface area contributed by atoms with Crippen molar-refractivity contribution in [2.45, 2.75) is 46.1 Å². The van der Waals surface area contributed by atoms with Crippen molar-refractivity contribution in [1.82, 2.24) is 5.32 Å². The second-order valence-corrected chi connectivity index (χ2v) is 7.20. The molecule has 1 atom stereocenters. The summed E-state index contributed by atoms with van der Waals surface area (Å²) in [6, 6.07) is 6.74. The number of benzene rings is 1. The maximum Gasteiger partial charge on any atom is 0.0595 e. The minimum atomic E-state index is 0.250. The zero-order valence-corrected chi connectivity index (χ0v) is 13.5. The van der Waals surface area contributed by atoms with E-state index in [1.807, 2.05) is 12.1 Å². The lowest BCUT2D eigenvalue weighted by molar-refractivity contribution is 0.206. The molecule has 1 aliphatic rings. The molecule has 1 unspecified atom stereocenters. The van der Waals surface area contributed by atoms with E-state index in [0.29, 0.717) is 16.0 Å². The maximum absolute atomic E-state index is 6.11. The molecule has 106 valence electrons. The smallest absolute Gasteiger partial charge is 0.0595 e. The molecule has 0 aliphatic heterocycles. The van der Waals surface area contributed by atoms with E-state index < -0.39 is 0 Å². The van der Waals surface area contributed by atoms with E-state index in [4.69, 9.17) is 23.2 Å². The highest BCUT2D eigenvalue weighted by molar-refractivity contribution is 6.42. The van der Waals surface area contributed by atoms with Crippen molar-refractivity contribution in [3.8, 4) is 0 Å². The Labute approximate surface area is 126 Å². The third kappa shape index (κ3) is 4.11. The van der Waals surface area contributed by atoms with Gasteiger partial charge in [-0.05, 0) is 48.3 Å². The molecular weight excluding hydrogens is 277 g/mol. The van der Waals surface area contributed by atoms with Gasteiger partial charge < -0.3 is 5.32 Å². The van der Waals surface area contributed by atoms with Crippen LogP contribution in [0.4, 0.5) is 0 Å². The Bertz CT molecular complexity index is 440. The van der Waals surface area contributed by atoms with Crippen LogP contribution in [0.1, 0.15) is 39.2 Å². The molecule has 1 aliphatic carbocycles. The van der Waals surface area contributed by atoms with Crippen molar-refractivity contribution in [3.05, 3.63) is 33.8 Å². The molecule has 1 nitrogen and oxygen atoms in total. The molecule has 1 fully saturated rings.